The maximum absolute atomic E-state index is 10.1. The summed E-state index contributed by atoms with van der Waals surface area (Å²) in [6.45, 7) is 4.50. The number of aliphatic hydroxyl groups excluding tert-OH is 1. The SMILES string of the molecule is Cc1ncc(CO)c(CNC2(C)CCCC2)c1O. The van der Waals surface area contributed by atoms with Gasteiger partial charge in [0.05, 0.1) is 12.3 Å². The van der Waals surface area contributed by atoms with Gasteiger partial charge in [-0.2, -0.15) is 0 Å². The Kier molecular flexibility index (Phi) is 3.88. The van der Waals surface area contributed by atoms with E-state index in [1.165, 1.54) is 25.7 Å². The molecule has 3 N–H and O–H groups in total. The molecule has 100 valence electrons. The van der Waals surface area contributed by atoms with E-state index >= 15 is 0 Å². The second-order valence-corrected chi connectivity index (χ2v) is 5.48. The third-order valence-electron chi connectivity index (χ3n) is 4.00. The second-order valence-electron chi connectivity index (χ2n) is 5.48. The summed E-state index contributed by atoms with van der Waals surface area (Å²) in [7, 11) is 0. The molecular formula is C14H22N2O2. The van der Waals surface area contributed by atoms with Crippen molar-refractivity contribution in [2.75, 3.05) is 0 Å². The lowest BCUT2D eigenvalue weighted by Crippen LogP contribution is -2.39. The summed E-state index contributed by atoms with van der Waals surface area (Å²) in [4.78, 5) is 4.07. The van der Waals surface area contributed by atoms with Gasteiger partial charge in [0.25, 0.3) is 0 Å². The number of pyridine rings is 1. The van der Waals surface area contributed by atoms with Crippen molar-refractivity contribution in [1.29, 1.82) is 0 Å². The Morgan fingerprint density at radius 2 is 2.06 bits per heavy atom. The van der Waals surface area contributed by atoms with Crippen molar-refractivity contribution in [2.45, 2.75) is 58.2 Å². The molecule has 4 heteroatoms. The summed E-state index contributed by atoms with van der Waals surface area (Å²) in [6, 6.07) is 0. The monoisotopic (exact) mass is 250 g/mol. The highest BCUT2D eigenvalue weighted by Gasteiger charge is 2.28. The van der Waals surface area contributed by atoms with E-state index in [0.717, 1.165) is 5.56 Å². The molecule has 1 aromatic heterocycles. The average molecular weight is 250 g/mol. The van der Waals surface area contributed by atoms with Gasteiger partial charge < -0.3 is 15.5 Å². The molecule has 0 unspecified atom stereocenters. The lowest BCUT2D eigenvalue weighted by Gasteiger charge is -2.26. The number of aromatic hydroxyl groups is 1. The number of nitrogens with zero attached hydrogens (tertiary/aromatic N) is 1. The zero-order valence-corrected chi connectivity index (χ0v) is 11.2. The van der Waals surface area contributed by atoms with Gasteiger partial charge in [-0.25, -0.2) is 0 Å². The fourth-order valence-corrected chi connectivity index (χ4v) is 2.65. The molecule has 0 aromatic carbocycles. The molecule has 0 saturated heterocycles. The quantitative estimate of drug-likeness (QED) is 0.765. The summed E-state index contributed by atoms with van der Waals surface area (Å²) < 4.78 is 0. The van der Waals surface area contributed by atoms with Crippen LogP contribution in [0.25, 0.3) is 0 Å². The molecule has 0 radical (unpaired) electrons. The zero-order valence-electron chi connectivity index (χ0n) is 11.2. The van der Waals surface area contributed by atoms with E-state index in [4.69, 9.17) is 0 Å². The summed E-state index contributed by atoms with van der Waals surface area (Å²) in [5.41, 5.74) is 2.25. The van der Waals surface area contributed by atoms with E-state index in [1.54, 1.807) is 13.1 Å². The first kappa shape index (κ1) is 13.3. The predicted molar refractivity (Wildman–Crippen MR) is 70.3 cm³/mol. The van der Waals surface area contributed by atoms with E-state index < -0.39 is 0 Å². The minimum absolute atomic E-state index is 0.0887. The zero-order chi connectivity index (χ0) is 13.2. The molecule has 0 amide bonds. The van der Waals surface area contributed by atoms with E-state index in [2.05, 4.69) is 17.2 Å². The van der Waals surface area contributed by atoms with E-state index in [0.29, 0.717) is 17.8 Å². The lowest BCUT2D eigenvalue weighted by molar-refractivity contribution is 0.277. The molecule has 18 heavy (non-hydrogen) atoms. The summed E-state index contributed by atoms with van der Waals surface area (Å²) >= 11 is 0. The maximum Gasteiger partial charge on any atom is 0.141 e. The van der Waals surface area contributed by atoms with E-state index in [1.807, 2.05) is 0 Å². The number of nitrogens with one attached hydrogen (secondary N) is 1. The number of aryl methyl sites for hydroxylation is 1. The standard InChI is InChI=1S/C14H22N2O2/c1-10-13(18)12(11(9-17)7-15-10)8-16-14(2)5-3-4-6-14/h7,16-18H,3-6,8-9H2,1-2H3. The first-order valence-corrected chi connectivity index (χ1v) is 6.58. The van der Waals surface area contributed by atoms with Gasteiger partial charge in [-0.05, 0) is 26.7 Å². The van der Waals surface area contributed by atoms with Crippen LogP contribution in [0.5, 0.6) is 5.75 Å². The van der Waals surface area contributed by atoms with Crippen LogP contribution >= 0.6 is 0 Å². The highest BCUT2D eigenvalue weighted by Crippen LogP contribution is 2.30. The largest absolute Gasteiger partial charge is 0.506 e. The Balaban J connectivity index is 2.15. The molecule has 1 aliphatic rings. The van der Waals surface area contributed by atoms with Crippen LogP contribution in [0.1, 0.15) is 49.4 Å². The number of hydrogen-bond donors (Lipinski definition) is 3. The van der Waals surface area contributed by atoms with Crippen molar-refractivity contribution in [3.8, 4) is 5.75 Å². The van der Waals surface area contributed by atoms with Crippen LogP contribution in [0.15, 0.2) is 6.20 Å². The van der Waals surface area contributed by atoms with Crippen LogP contribution in [0.2, 0.25) is 0 Å². The predicted octanol–water partition coefficient (Wildman–Crippen LogP) is 2.01. The summed E-state index contributed by atoms with van der Waals surface area (Å²) in [6.07, 6.45) is 6.51. The number of aromatic nitrogens is 1. The Labute approximate surface area is 108 Å². The molecule has 0 atom stereocenters. The van der Waals surface area contributed by atoms with Gasteiger partial charge in [0.1, 0.15) is 5.75 Å². The molecule has 1 aromatic rings. The van der Waals surface area contributed by atoms with Gasteiger partial charge in [0.15, 0.2) is 0 Å². The van der Waals surface area contributed by atoms with Gasteiger partial charge in [0, 0.05) is 29.4 Å². The number of hydrogen-bond acceptors (Lipinski definition) is 4. The van der Waals surface area contributed by atoms with Crippen molar-refractivity contribution in [2.24, 2.45) is 0 Å². The van der Waals surface area contributed by atoms with Crippen molar-refractivity contribution >= 4 is 0 Å². The van der Waals surface area contributed by atoms with Crippen molar-refractivity contribution in [3.63, 3.8) is 0 Å². The molecule has 1 fully saturated rings. The molecule has 1 heterocycles. The first-order valence-electron chi connectivity index (χ1n) is 6.58. The summed E-state index contributed by atoms with van der Waals surface area (Å²) in [5, 5.41) is 22.9. The van der Waals surface area contributed by atoms with Gasteiger partial charge in [-0.1, -0.05) is 12.8 Å². The average Bonchev–Trinajstić information content (AvgIpc) is 2.78. The molecule has 2 rings (SSSR count). The Bertz CT molecular complexity index is 426. The minimum atomic E-state index is -0.0887. The first-order chi connectivity index (χ1) is 8.56. The summed E-state index contributed by atoms with van der Waals surface area (Å²) in [5.74, 6) is 0.204. The third kappa shape index (κ3) is 2.65. The van der Waals surface area contributed by atoms with Crippen LogP contribution in [0.4, 0.5) is 0 Å². The minimum Gasteiger partial charge on any atom is -0.506 e. The third-order valence-corrected chi connectivity index (χ3v) is 4.00. The fraction of sp³-hybridized carbons (Fsp3) is 0.643. The lowest BCUT2D eigenvalue weighted by atomic mass is 9.99. The van der Waals surface area contributed by atoms with Gasteiger partial charge >= 0.3 is 0 Å². The van der Waals surface area contributed by atoms with Crippen molar-refractivity contribution in [1.82, 2.24) is 10.3 Å². The second kappa shape index (κ2) is 5.24. The van der Waals surface area contributed by atoms with Gasteiger partial charge in [-0.15, -0.1) is 0 Å². The van der Waals surface area contributed by atoms with E-state index in [-0.39, 0.29) is 17.9 Å². The Morgan fingerprint density at radius 3 is 2.67 bits per heavy atom. The molecular weight excluding hydrogens is 228 g/mol. The maximum atomic E-state index is 10.1. The number of rotatable bonds is 4. The van der Waals surface area contributed by atoms with Crippen LogP contribution in [-0.4, -0.2) is 20.7 Å². The van der Waals surface area contributed by atoms with Crippen LogP contribution < -0.4 is 5.32 Å². The van der Waals surface area contributed by atoms with Crippen molar-refractivity contribution < 1.29 is 10.2 Å². The molecule has 4 nitrogen and oxygen atoms in total. The molecule has 0 bridgehead atoms. The van der Waals surface area contributed by atoms with Crippen LogP contribution in [0, 0.1) is 6.92 Å². The highest BCUT2D eigenvalue weighted by molar-refractivity contribution is 5.40. The molecule has 1 aliphatic carbocycles. The van der Waals surface area contributed by atoms with Gasteiger partial charge in [-0.3, -0.25) is 4.98 Å². The topological polar surface area (TPSA) is 65.4 Å². The highest BCUT2D eigenvalue weighted by atomic mass is 16.3. The smallest absolute Gasteiger partial charge is 0.141 e. The molecule has 1 saturated carbocycles. The normalized spacial score (nSPS) is 18.2. The fourth-order valence-electron chi connectivity index (χ4n) is 2.65. The van der Waals surface area contributed by atoms with Crippen LogP contribution in [-0.2, 0) is 13.2 Å². The van der Waals surface area contributed by atoms with Gasteiger partial charge in [0.2, 0.25) is 0 Å². The Hall–Kier alpha value is -1.13. The van der Waals surface area contributed by atoms with E-state index in [9.17, 15) is 10.2 Å². The Morgan fingerprint density at radius 1 is 1.39 bits per heavy atom. The van der Waals surface area contributed by atoms with Crippen LogP contribution in [0.3, 0.4) is 0 Å². The molecule has 0 spiro atoms. The number of aliphatic hydroxyl groups is 1. The molecule has 0 aliphatic heterocycles. The van der Waals surface area contributed by atoms with Crippen molar-refractivity contribution in [3.05, 3.63) is 23.0 Å².